The molecule has 1 fully saturated rings. The number of fused-ring (bicyclic) bond motifs is 1. The van der Waals surface area contributed by atoms with E-state index in [0.29, 0.717) is 12.2 Å². The first kappa shape index (κ1) is 18.5. The molecule has 1 aromatic rings. The first-order valence-corrected chi connectivity index (χ1v) is 8.65. The second kappa shape index (κ2) is 6.81. The molecule has 142 valence electrons. The first-order valence-electron chi connectivity index (χ1n) is 8.65. The minimum absolute atomic E-state index is 0.132. The van der Waals surface area contributed by atoms with Gasteiger partial charge in [0.05, 0.1) is 6.04 Å². The maximum atomic E-state index is 12.7. The van der Waals surface area contributed by atoms with Crippen LogP contribution in [-0.4, -0.2) is 30.1 Å². The number of piperidine rings is 1. The SMILES string of the molecule is CC[C@@H]1Oc2cc(C)ccc2C1NC(=O)C1CCC(C(F)(F)F)NC1=O. The number of benzene rings is 1. The van der Waals surface area contributed by atoms with Crippen LogP contribution in [0.5, 0.6) is 5.75 Å². The Morgan fingerprint density at radius 1 is 1.35 bits per heavy atom. The topological polar surface area (TPSA) is 67.4 Å². The fraction of sp³-hybridized carbons (Fsp3) is 0.556. The number of hydrogen-bond donors (Lipinski definition) is 2. The minimum atomic E-state index is -4.50. The molecule has 5 nitrogen and oxygen atoms in total. The van der Waals surface area contributed by atoms with E-state index in [0.717, 1.165) is 11.1 Å². The molecule has 1 aromatic carbocycles. The van der Waals surface area contributed by atoms with Crippen molar-refractivity contribution < 1.29 is 27.5 Å². The molecule has 0 spiro atoms. The Bertz CT molecular complexity index is 720. The van der Waals surface area contributed by atoms with Crippen molar-refractivity contribution >= 4 is 11.8 Å². The Hall–Kier alpha value is -2.25. The zero-order valence-corrected chi connectivity index (χ0v) is 14.5. The largest absolute Gasteiger partial charge is 0.488 e. The molecule has 8 heteroatoms. The van der Waals surface area contributed by atoms with Crippen molar-refractivity contribution in [2.45, 2.75) is 57.5 Å². The molecule has 0 bridgehead atoms. The van der Waals surface area contributed by atoms with E-state index >= 15 is 0 Å². The molecule has 2 aliphatic heterocycles. The molecule has 3 unspecified atom stereocenters. The quantitative estimate of drug-likeness (QED) is 0.804. The third kappa shape index (κ3) is 3.50. The smallest absolute Gasteiger partial charge is 0.408 e. The van der Waals surface area contributed by atoms with Crippen molar-refractivity contribution in [3.05, 3.63) is 29.3 Å². The average molecular weight is 370 g/mol. The molecule has 4 atom stereocenters. The number of aryl methyl sites for hydroxylation is 1. The number of ether oxygens (including phenoxy) is 1. The molecule has 2 heterocycles. The lowest BCUT2D eigenvalue weighted by Crippen LogP contribution is -2.55. The summed E-state index contributed by atoms with van der Waals surface area (Å²) in [5.74, 6) is -1.89. The highest BCUT2D eigenvalue weighted by atomic mass is 19.4. The third-order valence-electron chi connectivity index (χ3n) is 4.94. The van der Waals surface area contributed by atoms with Crippen LogP contribution in [0.4, 0.5) is 13.2 Å². The van der Waals surface area contributed by atoms with Gasteiger partial charge in [-0.25, -0.2) is 0 Å². The molecule has 2 aliphatic rings. The molecule has 0 saturated carbocycles. The molecule has 1 saturated heterocycles. The van der Waals surface area contributed by atoms with E-state index in [1.165, 1.54) is 0 Å². The lowest BCUT2D eigenvalue weighted by Gasteiger charge is -2.30. The Balaban J connectivity index is 1.71. The maximum absolute atomic E-state index is 12.7. The summed E-state index contributed by atoms with van der Waals surface area (Å²) >= 11 is 0. The molecular formula is C18H21F3N2O3. The number of nitrogens with one attached hydrogen (secondary N) is 2. The van der Waals surface area contributed by atoms with Crippen molar-refractivity contribution in [2.24, 2.45) is 5.92 Å². The second-order valence-electron chi connectivity index (χ2n) is 6.82. The van der Waals surface area contributed by atoms with Gasteiger partial charge >= 0.3 is 6.18 Å². The van der Waals surface area contributed by atoms with Crippen LogP contribution < -0.4 is 15.4 Å². The van der Waals surface area contributed by atoms with Crippen molar-refractivity contribution in [1.29, 1.82) is 0 Å². The lowest BCUT2D eigenvalue weighted by atomic mass is 9.91. The van der Waals surface area contributed by atoms with Crippen LogP contribution in [0.15, 0.2) is 18.2 Å². The van der Waals surface area contributed by atoms with Gasteiger partial charge in [-0.05, 0) is 37.8 Å². The molecule has 0 aliphatic carbocycles. The molecule has 2 amide bonds. The first-order chi connectivity index (χ1) is 12.2. The van der Waals surface area contributed by atoms with Crippen molar-refractivity contribution in [1.82, 2.24) is 10.6 Å². The van der Waals surface area contributed by atoms with Crippen LogP contribution in [0, 0.1) is 12.8 Å². The van der Waals surface area contributed by atoms with Gasteiger partial charge in [0.15, 0.2) is 0 Å². The van der Waals surface area contributed by atoms with Crippen molar-refractivity contribution in [3.8, 4) is 5.75 Å². The highest BCUT2D eigenvalue weighted by molar-refractivity contribution is 6.01. The summed E-state index contributed by atoms with van der Waals surface area (Å²) < 4.78 is 44.1. The Labute approximate surface area is 149 Å². The van der Waals surface area contributed by atoms with E-state index in [-0.39, 0.29) is 18.9 Å². The Morgan fingerprint density at radius 2 is 2.08 bits per heavy atom. The zero-order valence-electron chi connectivity index (χ0n) is 14.5. The third-order valence-corrected chi connectivity index (χ3v) is 4.94. The summed E-state index contributed by atoms with van der Waals surface area (Å²) in [6, 6.07) is 3.34. The highest BCUT2D eigenvalue weighted by Gasteiger charge is 2.46. The van der Waals surface area contributed by atoms with Crippen LogP contribution in [0.2, 0.25) is 0 Å². The van der Waals surface area contributed by atoms with Crippen LogP contribution in [0.1, 0.15) is 43.4 Å². The number of halogens is 3. The summed E-state index contributed by atoms with van der Waals surface area (Å²) in [5.41, 5.74) is 1.84. The summed E-state index contributed by atoms with van der Waals surface area (Å²) in [5, 5.41) is 4.71. The van der Waals surface area contributed by atoms with Gasteiger partial charge in [-0.15, -0.1) is 0 Å². The Morgan fingerprint density at radius 3 is 2.69 bits per heavy atom. The number of amides is 2. The molecule has 3 rings (SSSR count). The number of hydrogen-bond acceptors (Lipinski definition) is 3. The van der Waals surface area contributed by atoms with E-state index in [9.17, 15) is 22.8 Å². The minimum Gasteiger partial charge on any atom is -0.488 e. The molecule has 26 heavy (non-hydrogen) atoms. The van der Waals surface area contributed by atoms with Crippen molar-refractivity contribution in [2.75, 3.05) is 0 Å². The van der Waals surface area contributed by atoms with E-state index in [1.807, 2.05) is 37.4 Å². The van der Waals surface area contributed by atoms with E-state index in [2.05, 4.69) is 5.32 Å². The highest BCUT2D eigenvalue weighted by Crippen LogP contribution is 2.39. The monoisotopic (exact) mass is 370 g/mol. The van der Waals surface area contributed by atoms with E-state index in [1.54, 1.807) is 0 Å². The fourth-order valence-electron chi connectivity index (χ4n) is 3.48. The van der Waals surface area contributed by atoms with Gasteiger partial charge < -0.3 is 15.4 Å². The molecular weight excluding hydrogens is 349 g/mol. The standard InChI is InChI=1S/C18H21F3N2O3/c1-3-12-15(10-5-4-9(2)8-13(10)26-12)23-17(25)11-6-7-14(18(19,20)21)22-16(11)24/h4-5,8,11-12,14-15H,3,6-7H2,1-2H3,(H,22,24)(H,23,25)/t11?,12-,14?,15?/m0/s1. The van der Waals surface area contributed by atoms with Crippen LogP contribution >= 0.6 is 0 Å². The molecule has 0 aromatic heterocycles. The van der Waals surface area contributed by atoms with Crippen LogP contribution in [-0.2, 0) is 9.59 Å². The van der Waals surface area contributed by atoms with Crippen LogP contribution in [0.25, 0.3) is 0 Å². The number of carbonyl (C=O) groups is 2. The van der Waals surface area contributed by atoms with Gasteiger partial charge in [-0.1, -0.05) is 19.1 Å². The van der Waals surface area contributed by atoms with E-state index in [4.69, 9.17) is 4.74 Å². The van der Waals surface area contributed by atoms with Gasteiger partial charge in [-0.3, -0.25) is 9.59 Å². The number of carbonyl (C=O) groups excluding carboxylic acids is 2. The number of alkyl halides is 3. The lowest BCUT2D eigenvalue weighted by molar-refractivity contribution is -0.171. The fourth-order valence-corrected chi connectivity index (χ4v) is 3.48. The van der Waals surface area contributed by atoms with Gasteiger partial charge in [0.1, 0.15) is 23.8 Å². The normalized spacial score (nSPS) is 28.1. The summed E-state index contributed by atoms with van der Waals surface area (Å²) in [6.45, 7) is 3.85. The predicted octanol–water partition coefficient (Wildman–Crippen LogP) is 2.78. The van der Waals surface area contributed by atoms with E-state index < -0.39 is 36.0 Å². The van der Waals surface area contributed by atoms with Gasteiger partial charge in [0.2, 0.25) is 11.8 Å². The summed E-state index contributed by atoms with van der Waals surface area (Å²) in [4.78, 5) is 24.6. The average Bonchev–Trinajstić information content (AvgIpc) is 2.90. The van der Waals surface area contributed by atoms with Gasteiger partial charge in [-0.2, -0.15) is 13.2 Å². The predicted molar refractivity (Wildman–Crippen MR) is 87.5 cm³/mol. The zero-order chi connectivity index (χ0) is 19.1. The Kier molecular flexibility index (Phi) is 4.86. The molecule has 0 radical (unpaired) electrons. The number of rotatable bonds is 3. The summed E-state index contributed by atoms with van der Waals surface area (Å²) in [6.07, 6.45) is -4.56. The van der Waals surface area contributed by atoms with Crippen molar-refractivity contribution in [3.63, 3.8) is 0 Å². The molecule has 2 N–H and O–H groups in total. The van der Waals surface area contributed by atoms with Crippen LogP contribution in [0.3, 0.4) is 0 Å². The summed E-state index contributed by atoms with van der Waals surface area (Å²) in [7, 11) is 0. The second-order valence-corrected chi connectivity index (χ2v) is 6.82. The van der Waals surface area contributed by atoms with Gasteiger partial charge in [0, 0.05) is 5.56 Å². The van der Waals surface area contributed by atoms with Gasteiger partial charge in [0.25, 0.3) is 0 Å². The maximum Gasteiger partial charge on any atom is 0.408 e.